The minimum Gasteiger partial charge on any atom is -0.466 e. The highest BCUT2D eigenvalue weighted by Gasteiger charge is 2.35. The summed E-state index contributed by atoms with van der Waals surface area (Å²) in [5, 5.41) is 0. The number of carbonyl (C=O) groups excluding carboxylic acids is 2. The van der Waals surface area contributed by atoms with Gasteiger partial charge in [0.25, 0.3) is 0 Å². The Morgan fingerprint density at radius 1 is 0.958 bits per heavy atom. The van der Waals surface area contributed by atoms with Gasteiger partial charge in [-0.1, -0.05) is 71.1 Å². The zero-order valence-corrected chi connectivity index (χ0v) is 15.7. The molecule has 0 radical (unpaired) electrons. The lowest BCUT2D eigenvalue weighted by molar-refractivity contribution is -0.141. The SMILES string of the molecule is CCCCCCCCCCCCCC1OC(=O)C(C)=C1C(=O)OC. The summed E-state index contributed by atoms with van der Waals surface area (Å²) in [5.74, 6) is -0.824. The van der Waals surface area contributed by atoms with Gasteiger partial charge in [0.2, 0.25) is 0 Å². The van der Waals surface area contributed by atoms with Gasteiger partial charge in [0.05, 0.1) is 12.7 Å². The number of hydrogen-bond donors (Lipinski definition) is 0. The number of ether oxygens (including phenoxy) is 2. The molecule has 0 saturated carbocycles. The lowest BCUT2D eigenvalue weighted by Gasteiger charge is -2.12. The third kappa shape index (κ3) is 7.06. The maximum atomic E-state index is 11.8. The number of carbonyl (C=O) groups is 2. The Hall–Kier alpha value is -1.32. The predicted octanol–water partition coefficient (Wildman–Crippen LogP) is 5.10. The largest absolute Gasteiger partial charge is 0.466 e. The van der Waals surface area contributed by atoms with E-state index < -0.39 is 12.1 Å². The molecule has 1 rings (SSSR count). The van der Waals surface area contributed by atoms with E-state index >= 15 is 0 Å². The highest BCUT2D eigenvalue weighted by atomic mass is 16.6. The predicted molar refractivity (Wildman–Crippen MR) is 95.7 cm³/mol. The molecule has 0 bridgehead atoms. The molecule has 0 aromatic heterocycles. The summed E-state index contributed by atoms with van der Waals surface area (Å²) in [6, 6.07) is 0. The van der Waals surface area contributed by atoms with Gasteiger partial charge < -0.3 is 9.47 Å². The van der Waals surface area contributed by atoms with Gasteiger partial charge in [-0.15, -0.1) is 0 Å². The smallest absolute Gasteiger partial charge is 0.338 e. The van der Waals surface area contributed by atoms with Crippen LogP contribution in [-0.4, -0.2) is 25.2 Å². The molecular weight excluding hydrogens is 304 g/mol. The number of hydrogen-bond acceptors (Lipinski definition) is 4. The molecule has 0 aromatic rings. The van der Waals surface area contributed by atoms with Crippen molar-refractivity contribution in [3.8, 4) is 0 Å². The molecule has 0 aliphatic carbocycles. The zero-order chi connectivity index (χ0) is 17.8. The second-order valence-corrected chi connectivity index (χ2v) is 6.75. The van der Waals surface area contributed by atoms with Crippen molar-refractivity contribution in [2.45, 2.75) is 97.0 Å². The van der Waals surface area contributed by atoms with Crippen molar-refractivity contribution in [1.29, 1.82) is 0 Å². The summed E-state index contributed by atoms with van der Waals surface area (Å²) in [5.41, 5.74) is 0.810. The van der Waals surface area contributed by atoms with Crippen molar-refractivity contribution in [2.75, 3.05) is 7.11 Å². The number of cyclic esters (lactones) is 1. The second-order valence-electron chi connectivity index (χ2n) is 6.75. The van der Waals surface area contributed by atoms with Crippen LogP contribution in [0.25, 0.3) is 0 Å². The van der Waals surface area contributed by atoms with Gasteiger partial charge >= 0.3 is 11.9 Å². The van der Waals surface area contributed by atoms with Gasteiger partial charge in [-0.25, -0.2) is 9.59 Å². The van der Waals surface area contributed by atoms with Crippen molar-refractivity contribution in [1.82, 2.24) is 0 Å². The third-order valence-electron chi connectivity index (χ3n) is 4.76. The van der Waals surface area contributed by atoms with Crippen LogP contribution < -0.4 is 0 Å². The van der Waals surface area contributed by atoms with Crippen molar-refractivity contribution in [3.63, 3.8) is 0 Å². The van der Waals surface area contributed by atoms with Crippen molar-refractivity contribution >= 4 is 11.9 Å². The van der Waals surface area contributed by atoms with Crippen molar-refractivity contribution in [3.05, 3.63) is 11.1 Å². The molecule has 4 heteroatoms. The van der Waals surface area contributed by atoms with Gasteiger partial charge in [-0.2, -0.15) is 0 Å². The molecule has 0 amide bonds. The standard InChI is InChI=1S/C20H34O4/c1-4-5-6-7-8-9-10-11-12-13-14-15-17-18(20(22)23-3)16(2)19(21)24-17/h17H,4-15H2,1-3H3. The first-order valence-corrected chi connectivity index (χ1v) is 9.61. The molecule has 1 aliphatic heterocycles. The van der Waals surface area contributed by atoms with Crippen LogP contribution in [0.15, 0.2) is 11.1 Å². The number of methoxy groups -OCH3 is 1. The van der Waals surface area contributed by atoms with Gasteiger partial charge in [0.1, 0.15) is 6.10 Å². The van der Waals surface area contributed by atoms with Crippen LogP contribution in [0.3, 0.4) is 0 Å². The lowest BCUT2D eigenvalue weighted by atomic mass is 10.00. The fraction of sp³-hybridized carbons (Fsp3) is 0.800. The number of rotatable bonds is 13. The molecule has 4 nitrogen and oxygen atoms in total. The molecule has 0 fully saturated rings. The van der Waals surface area contributed by atoms with Gasteiger partial charge in [-0.3, -0.25) is 0 Å². The summed E-state index contributed by atoms with van der Waals surface area (Å²) < 4.78 is 10.0. The van der Waals surface area contributed by atoms with E-state index in [2.05, 4.69) is 6.92 Å². The van der Waals surface area contributed by atoms with Crippen LogP contribution in [0, 0.1) is 0 Å². The fourth-order valence-corrected chi connectivity index (χ4v) is 3.22. The van der Waals surface area contributed by atoms with Gasteiger partial charge in [0.15, 0.2) is 0 Å². The van der Waals surface area contributed by atoms with E-state index in [1.165, 1.54) is 64.9 Å². The first-order chi connectivity index (χ1) is 11.6. The molecule has 0 aromatic carbocycles. The maximum absolute atomic E-state index is 11.8. The minimum absolute atomic E-state index is 0.386. The second kappa shape index (κ2) is 12.1. The highest BCUT2D eigenvalue weighted by Crippen LogP contribution is 2.27. The zero-order valence-electron chi connectivity index (χ0n) is 15.7. The Bertz CT molecular complexity index is 425. The maximum Gasteiger partial charge on any atom is 0.338 e. The van der Waals surface area contributed by atoms with Crippen LogP contribution in [0.5, 0.6) is 0 Å². The van der Waals surface area contributed by atoms with Crippen LogP contribution in [0.2, 0.25) is 0 Å². The fourth-order valence-electron chi connectivity index (χ4n) is 3.22. The molecule has 1 unspecified atom stereocenters. The third-order valence-corrected chi connectivity index (χ3v) is 4.76. The average Bonchev–Trinajstić information content (AvgIpc) is 2.86. The van der Waals surface area contributed by atoms with Crippen LogP contribution in [0.4, 0.5) is 0 Å². The molecular formula is C20H34O4. The molecule has 24 heavy (non-hydrogen) atoms. The van der Waals surface area contributed by atoms with Crippen LogP contribution in [-0.2, 0) is 19.1 Å². The van der Waals surface area contributed by atoms with Crippen molar-refractivity contribution in [2.24, 2.45) is 0 Å². The molecule has 1 aliphatic rings. The van der Waals surface area contributed by atoms with Crippen LogP contribution in [0.1, 0.15) is 90.9 Å². The Balaban J connectivity index is 2.09. The summed E-state index contributed by atoms with van der Waals surface area (Å²) in [7, 11) is 1.34. The van der Waals surface area contributed by atoms with E-state index in [0.29, 0.717) is 17.6 Å². The van der Waals surface area contributed by atoms with E-state index in [-0.39, 0.29) is 5.97 Å². The summed E-state index contributed by atoms with van der Waals surface area (Å²) in [6.07, 6.45) is 14.3. The van der Waals surface area contributed by atoms with E-state index in [1.54, 1.807) is 6.92 Å². The Morgan fingerprint density at radius 3 is 1.96 bits per heavy atom. The quantitative estimate of drug-likeness (QED) is 0.346. The topological polar surface area (TPSA) is 52.6 Å². The summed E-state index contributed by atoms with van der Waals surface area (Å²) in [6.45, 7) is 3.88. The molecule has 1 atom stereocenters. The average molecular weight is 338 g/mol. The molecule has 0 saturated heterocycles. The molecule has 0 spiro atoms. The molecule has 138 valence electrons. The molecule has 1 heterocycles. The van der Waals surface area contributed by atoms with E-state index in [9.17, 15) is 9.59 Å². The summed E-state index contributed by atoms with van der Waals surface area (Å²) >= 11 is 0. The van der Waals surface area contributed by atoms with Crippen molar-refractivity contribution < 1.29 is 19.1 Å². The minimum atomic E-state index is -0.438. The Morgan fingerprint density at radius 2 is 1.46 bits per heavy atom. The monoisotopic (exact) mass is 338 g/mol. The van der Waals surface area contributed by atoms with Gasteiger partial charge in [0, 0.05) is 5.57 Å². The first kappa shape index (κ1) is 20.7. The number of esters is 2. The van der Waals surface area contributed by atoms with E-state index in [0.717, 1.165) is 12.8 Å². The highest BCUT2D eigenvalue weighted by molar-refractivity contribution is 6.03. The first-order valence-electron chi connectivity index (χ1n) is 9.61. The lowest BCUT2D eigenvalue weighted by Crippen LogP contribution is -2.18. The van der Waals surface area contributed by atoms with Gasteiger partial charge in [-0.05, 0) is 19.8 Å². The van der Waals surface area contributed by atoms with E-state index in [4.69, 9.17) is 9.47 Å². The van der Waals surface area contributed by atoms with Crippen LogP contribution >= 0.6 is 0 Å². The number of unbranched alkanes of at least 4 members (excludes halogenated alkanes) is 10. The summed E-state index contributed by atoms with van der Waals surface area (Å²) in [4.78, 5) is 23.4. The Labute approximate surface area is 147 Å². The Kier molecular flexibility index (Phi) is 10.4. The normalized spacial score (nSPS) is 17.3. The van der Waals surface area contributed by atoms with E-state index in [1.807, 2.05) is 0 Å². The molecule has 0 N–H and O–H groups in total.